The van der Waals surface area contributed by atoms with Crippen molar-refractivity contribution >= 4 is 35.3 Å². The van der Waals surface area contributed by atoms with E-state index in [0.29, 0.717) is 39.1 Å². The van der Waals surface area contributed by atoms with Gasteiger partial charge in [-0.25, -0.2) is 5.43 Å². The fourth-order valence-corrected chi connectivity index (χ4v) is 3.48. The van der Waals surface area contributed by atoms with Crippen LogP contribution in [0.4, 0.5) is 5.69 Å². The number of rotatable bonds is 8. The molecule has 0 unspecified atom stereocenters. The molecule has 0 aliphatic rings. The Balaban J connectivity index is 1.28. The number of carbonyl (C=O) groups excluding carboxylic acids is 2. The van der Waals surface area contributed by atoms with Crippen molar-refractivity contribution < 1.29 is 18.7 Å². The van der Waals surface area contributed by atoms with Crippen LogP contribution in [-0.4, -0.2) is 18.0 Å². The second-order valence-corrected chi connectivity index (χ2v) is 7.98. The fourth-order valence-electron chi connectivity index (χ4n) is 3.20. The Kier molecular flexibility index (Phi) is 7.60. The van der Waals surface area contributed by atoms with Crippen LogP contribution >= 0.6 is 11.6 Å². The number of hydrazone groups is 1. The Labute approximate surface area is 207 Å². The van der Waals surface area contributed by atoms with Crippen molar-refractivity contribution in [3.8, 4) is 5.75 Å². The molecule has 0 saturated heterocycles. The third-order valence-electron chi connectivity index (χ3n) is 5.00. The molecule has 1 aromatic heterocycles. The minimum Gasteiger partial charge on any atom is -0.484 e. The van der Waals surface area contributed by atoms with Crippen LogP contribution in [0.5, 0.6) is 5.75 Å². The number of carbonyl (C=O) groups is 2. The average Bonchev–Trinajstić information content (AvgIpc) is 3.32. The van der Waals surface area contributed by atoms with Crippen LogP contribution in [0, 0.1) is 6.92 Å². The number of nitrogens with one attached hydrogen (secondary N) is 2. The molecule has 0 atom stereocenters. The summed E-state index contributed by atoms with van der Waals surface area (Å²) < 4.78 is 11.4. The summed E-state index contributed by atoms with van der Waals surface area (Å²) in [4.78, 5) is 24.6. The van der Waals surface area contributed by atoms with E-state index < -0.39 is 5.91 Å². The molecule has 0 radical (unpaired) electrons. The molecule has 0 bridgehead atoms. The van der Waals surface area contributed by atoms with E-state index >= 15 is 0 Å². The van der Waals surface area contributed by atoms with Gasteiger partial charge in [0.1, 0.15) is 23.9 Å². The molecular weight excluding hydrogens is 466 g/mol. The molecule has 7 nitrogen and oxygen atoms in total. The Bertz CT molecular complexity index is 1330. The largest absolute Gasteiger partial charge is 0.484 e. The molecule has 4 aromatic rings. The van der Waals surface area contributed by atoms with E-state index in [2.05, 4.69) is 15.8 Å². The molecule has 35 heavy (non-hydrogen) atoms. The number of nitrogens with zero attached hydrogens (tertiary/aromatic N) is 1. The monoisotopic (exact) mass is 487 g/mol. The summed E-state index contributed by atoms with van der Waals surface area (Å²) in [6.45, 7) is 2.12. The molecule has 4 rings (SSSR count). The molecule has 0 saturated carbocycles. The van der Waals surface area contributed by atoms with E-state index in [4.69, 9.17) is 20.8 Å². The first-order valence-corrected chi connectivity index (χ1v) is 11.1. The van der Waals surface area contributed by atoms with Crippen molar-refractivity contribution in [3.05, 3.63) is 118 Å². The summed E-state index contributed by atoms with van der Waals surface area (Å²) >= 11 is 6.17. The molecular formula is C27H22ClN3O4. The molecule has 8 heteroatoms. The van der Waals surface area contributed by atoms with E-state index in [1.165, 1.54) is 6.21 Å². The molecule has 2 N–H and O–H groups in total. The van der Waals surface area contributed by atoms with Crippen molar-refractivity contribution in [1.82, 2.24) is 5.43 Å². The number of hydrogen-bond acceptors (Lipinski definition) is 5. The van der Waals surface area contributed by atoms with Gasteiger partial charge in [-0.15, -0.1) is 0 Å². The van der Waals surface area contributed by atoms with Gasteiger partial charge in [0.05, 0.1) is 11.2 Å². The zero-order valence-electron chi connectivity index (χ0n) is 18.8. The Morgan fingerprint density at radius 1 is 0.914 bits per heavy atom. The van der Waals surface area contributed by atoms with Crippen molar-refractivity contribution in [1.29, 1.82) is 0 Å². The molecule has 0 aliphatic heterocycles. The quantitative estimate of drug-likeness (QED) is 0.241. The minimum atomic E-state index is -0.397. The standard InChI is InChI=1S/C27H22ClN3O4/c1-18-6-5-9-24(28)25(18)34-17-23-15-14-22(35-23)16-29-31-27(33)20-10-12-21(13-11-20)30-26(32)19-7-3-2-4-8-19/h2-16H,17H2,1H3,(H,30,32)(H,31,33)/b29-16+. The van der Waals surface area contributed by atoms with E-state index in [-0.39, 0.29) is 12.5 Å². The molecule has 2 amide bonds. The Morgan fingerprint density at radius 3 is 2.40 bits per heavy atom. The van der Waals surface area contributed by atoms with Crippen LogP contribution in [0.25, 0.3) is 0 Å². The van der Waals surface area contributed by atoms with Crippen molar-refractivity contribution in [2.24, 2.45) is 5.10 Å². The van der Waals surface area contributed by atoms with E-state index in [9.17, 15) is 9.59 Å². The highest BCUT2D eigenvalue weighted by molar-refractivity contribution is 6.32. The van der Waals surface area contributed by atoms with Gasteiger partial charge in [-0.2, -0.15) is 5.10 Å². The first-order valence-electron chi connectivity index (χ1n) is 10.8. The zero-order valence-corrected chi connectivity index (χ0v) is 19.6. The number of hydrogen-bond donors (Lipinski definition) is 2. The first-order chi connectivity index (χ1) is 17.0. The molecule has 0 spiro atoms. The second-order valence-electron chi connectivity index (χ2n) is 7.58. The fraction of sp³-hybridized carbons (Fsp3) is 0.0741. The van der Waals surface area contributed by atoms with Crippen LogP contribution in [-0.2, 0) is 6.61 Å². The summed E-state index contributed by atoms with van der Waals surface area (Å²) in [5.41, 5.74) is 4.90. The Morgan fingerprint density at radius 2 is 1.66 bits per heavy atom. The third-order valence-corrected chi connectivity index (χ3v) is 5.30. The van der Waals surface area contributed by atoms with E-state index in [0.717, 1.165) is 5.56 Å². The van der Waals surface area contributed by atoms with E-state index in [1.807, 2.05) is 25.1 Å². The molecule has 0 fully saturated rings. The number of furan rings is 1. The lowest BCUT2D eigenvalue weighted by Crippen LogP contribution is -2.17. The normalized spacial score (nSPS) is 10.8. The van der Waals surface area contributed by atoms with Gasteiger partial charge in [0.25, 0.3) is 11.8 Å². The predicted molar refractivity (Wildman–Crippen MR) is 135 cm³/mol. The van der Waals surface area contributed by atoms with Gasteiger partial charge in [0.15, 0.2) is 0 Å². The van der Waals surface area contributed by atoms with Crippen LogP contribution in [0.2, 0.25) is 5.02 Å². The topological polar surface area (TPSA) is 92.9 Å². The maximum absolute atomic E-state index is 12.3. The lowest BCUT2D eigenvalue weighted by molar-refractivity contribution is 0.0954. The zero-order chi connectivity index (χ0) is 24.6. The SMILES string of the molecule is Cc1cccc(Cl)c1OCc1ccc(/C=N/NC(=O)c2ccc(NC(=O)c3ccccc3)cc2)o1. The average molecular weight is 488 g/mol. The molecule has 176 valence electrons. The highest BCUT2D eigenvalue weighted by Gasteiger charge is 2.09. The van der Waals surface area contributed by atoms with Gasteiger partial charge >= 0.3 is 0 Å². The predicted octanol–water partition coefficient (Wildman–Crippen LogP) is 5.84. The van der Waals surface area contributed by atoms with Crippen molar-refractivity contribution in [2.45, 2.75) is 13.5 Å². The van der Waals surface area contributed by atoms with E-state index in [1.54, 1.807) is 66.7 Å². The number of aryl methyl sites for hydroxylation is 1. The van der Waals surface area contributed by atoms with Gasteiger partial charge in [-0.3, -0.25) is 9.59 Å². The highest BCUT2D eigenvalue weighted by Crippen LogP contribution is 2.28. The molecule has 0 aliphatic carbocycles. The number of benzene rings is 3. The number of halogens is 1. The number of ether oxygens (including phenoxy) is 1. The van der Waals surface area contributed by atoms with Gasteiger partial charge in [0, 0.05) is 16.8 Å². The summed E-state index contributed by atoms with van der Waals surface area (Å²) in [6.07, 6.45) is 1.40. The molecule has 1 heterocycles. The number of anilines is 1. The van der Waals surface area contributed by atoms with Crippen molar-refractivity contribution in [3.63, 3.8) is 0 Å². The maximum Gasteiger partial charge on any atom is 0.271 e. The summed E-state index contributed by atoms with van der Waals surface area (Å²) in [5.74, 6) is 1.03. The van der Waals surface area contributed by atoms with Gasteiger partial charge < -0.3 is 14.5 Å². The van der Waals surface area contributed by atoms with Gasteiger partial charge in [0.2, 0.25) is 0 Å². The number of para-hydroxylation sites is 1. The van der Waals surface area contributed by atoms with Gasteiger partial charge in [-0.05, 0) is 67.1 Å². The Hall–Kier alpha value is -4.36. The second kappa shape index (κ2) is 11.2. The highest BCUT2D eigenvalue weighted by atomic mass is 35.5. The minimum absolute atomic E-state index is 0.206. The van der Waals surface area contributed by atoms with Gasteiger partial charge in [-0.1, -0.05) is 41.9 Å². The van der Waals surface area contributed by atoms with Crippen LogP contribution < -0.4 is 15.5 Å². The maximum atomic E-state index is 12.3. The summed E-state index contributed by atoms with van der Waals surface area (Å²) in [5, 5.41) is 7.26. The smallest absolute Gasteiger partial charge is 0.271 e. The third kappa shape index (κ3) is 6.37. The van der Waals surface area contributed by atoms with Crippen molar-refractivity contribution in [2.75, 3.05) is 5.32 Å². The lowest BCUT2D eigenvalue weighted by Gasteiger charge is -2.09. The summed E-state index contributed by atoms with van der Waals surface area (Å²) in [6, 6.07) is 24.4. The number of amides is 2. The lowest BCUT2D eigenvalue weighted by atomic mass is 10.2. The first kappa shape index (κ1) is 23.8. The summed E-state index contributed by atoms with van der Waals surface area (Å²) in [7, 11) is 0. The van der Waals surface area contributed by atoms with Crippen LogP contribution in [0.3, 0.4) is 0 Å². The van der Waals surface area contributed by atoms with Crippen LogP contribution in [0.1, 0.15) is 37.8 Å². The molecule has 3 aromatic carbocycles. The van der Waals surface area contributed by atoms with Crippen LogP contribution in [0.15, 0.2) is 94.4 Å².